The predicted molar refractivity (Wildman–Crippen MR) is 101 cm³/mol. The van der Waals surface area contributed by atoms with Crippen LogP contribution in [0.2, 0.25) is 0 Å². The molecule has 130 valence electrons. The van der Waals surface area contributed by atoms with E-state index in [0.29, 0.717) is 0 Å². The van der Waals surface area contributed by atoms with E-state index in [1.807, 2.05) is 36.4 Å². The Hall–Kier alpha value is -2.44. The van der Waals surface area contributed by atoms with Crippen LogP contribution in [0, 0.1) is 0 Å². The lowest BCUT2D eigenvalue weighted by atomic mass is 10.1. The van der Waals surface area contributed by atoms with Crippen molar-refractivity contribution >= 4 is 34.6 Å². The van der Waals surface area contributed by atoms with E-state index in [1.165, 1.54) is 5.56 Å². The summed E-state index contributed by atoms with van der Waals surface area (Å²) in [7, 11) is 1.68. The van der Waals surface area contributed by atoms with E-state index in [1.54, 1.807) is 18.4 Å². The average Bonchev–Trinajstić information content (AvgIpc) is 3.24. The van der Waals surface area contributed by atoms with Gasteiger partial charge in [-0.1, -0.05) is 12.1 Å². The minimum Gasteiger partial charge on any atom is -0.497 e. The zero-order valence-electron chi connectivity index (χ0n) is 13.5. The molecular weight excluding hydrogens is 360 g/mol. The number of fused-ring (bicyclic) bond motifs is 1. The number of anilines is 2. The number of thiazole rings is 1. The maximum Gasteiger partial charge on any atom is 0.231 e. The van der Waals surface area contributed by atoms with Crippen molar-refractivity contribution < 1.29 is 14.2 Å². The molecule has 5 nitrogen and oxygen atoms in total. The first-order valence-electron chi connectivity index (χ1n) is 7.54. The molecule has 0 saturated carbocycles. The Morgan fingerprint density at radius 3 is 2.92 bits per heavy atom. The van der Waals surface area contributed by atoms with Crippen LogP contribution in [0.25, 0.3) is 0 Å². The fourth-order valence-electron chi connectivity index (χ4n) is 2.53. The van der Waals surface area contributed by atoms with E-state index in [0.717, 1.165) is 40.2 Å². The van der Waals surface area contributed by atoms with Gasteiger partial charge in [-0.3, -0.25) is 0 Å². The summed E-state index contributed by atoms with van der Waals surface area (Å²) in [5.41, 5.74) is 3.13. The van der Waals surface area contributed by atoms with Crippen LogP contribution in [0.1, 0.15) is 11.3 Å². The Kier molecular flexibility index (Phi) is 5.31. The van der Waals surface area contributed by atoms with Crippen molar-refractivity contribution in [3.63, 3.8) is 0 Å². The Morgan fingerprint density at radius 1 is 1.16 bits per heavy atom. The molecule has 1 aliphatic rings. The van der Waals surface area contributed by atoms with Gasteiger partial charge in [-0.05, 0) is 29.8 Å². The van der Waals surface area contributed by atoms with Crippen molar-refractivity contribution in [1.82, 2.24) is 4.98 Å². The minimum atomic E-state index is 0. The van der Waals surface area contributed by atoms with Crippen LogP contribution in [0.5, 0.6) is 17.2 Å². The summed E-state index contributed by atoms with van der Waals surface area (Å²) in [6, 6.07) is 13.8. The summed E-state index contributed by atoms with van der Waals surface area (Å²) in [6.45, 7) is 0.278. The van der Waals surface area contributed by atoms with Gasteiger partial charge in [-0.25, -0.2) is 4.98 Å². The van der Waals surface area contributed by atoms with Gasteiger partial charge in [0.2, 0.25) is 6.79 Å². The zero-order chi connectivity index (χ0) is 16.4. The quantitative estimate of drug-likeness (QED) is 0.703. The molecule has 4 rings (SSSR count). The van der Waals surface area contributed by atoms with E-state index in [-0.39, 0.29) is 19.2 Å². The second kappa shape index (κ2) is 7.63. The van der Waals surface area contributed by atoms with Crippen LogP contribution < -0.4 is 19.5 Å². The number of nitrogens with zero attached hydrogens (tertiary/aromatic N) is 1. The third kappa shape index (κ3) is 3.97. The summed E-state index contributed by atoms with van der Waals surface area (Å²) < 4.78 is 16.0. The Morgan fingerprint density at radius 2 is 2.04 bits per heavy atom. The number of ether oxygens (including phenoxy) is 3. The van der Waals surface area contributed by atoms with Gasteiger partial charge in [-0.15, -0.1) is 23.7 Å². The number of hydrogen-bond donors (Lipinski definition) is 1. The molecule has 0 saturated heterocycles. The summed E-state index contributed by atoms with van der Waals surface area (Å²) in [4.78, 5) is 4.64. The van der Waals surface area contributed by atoms with Crippen LogP contribution in [0.4, 0.5) is 10.8 Å². The van der Waals surface area contributed by atoms with Gasteiger partial charge >= 0.3 is 0 Å². The summed E-state index contributed by atoms with van der Waals surface area (Å²) in [5, 5.41) is 6.23. The van der Waals surface area contributed by atoms with Crippen LogP contribution in [0.3, 0.4) is 0 Å². The molecule has 7 heteroatoms. The van der Waals surface area contributed by atoms with Crippen LogP contribution >= 0.6 is 23.7 Å². The molecule has 0 amide bonds. The number of methoxy groups -OCH3 is 1. The van der Waals surface area contributed by atoms with E-state index in [9.17, 15) is 0 Å². The summed E-state index contributed by atoms with van der Waals surface area (Å²) >= 11 is 1.58. The molecule has 2 aromatic carbocycles. The number of nitrogens with one attached hydrogen (secondary N) is 1. The normalized spacial score (nSPS) is 11.7. The lowest BCUT2D eigenvalue weighted by Gasteiger charge is -2.04. The van der Waals surface area contributed by atoms with E-state index in [4.69, 9.17) is 14.2 Å². The number of aromatic nitrogens is 1. The van der Waals surface area contributed by atoms with Gasteiger partial charge < -0.3 is 19.5 Å². The summed E-state index contributed by atoms with van der Waals surface area (Å²) in [5.74, 6) is 2.40. The molecule has 0 radical (unpaired) electrons. The highest BCUT2D eigenvalue weighted by molar-refractivity contribution is 7.13. The molecule has 0 spiro atoms. The molecular formula is C18H17ClN2O3S. The first-order chi connectivity index (χ1) is 11.8. The maximum absolute atomic E-state index is 5.39. The third-order valence-electron chi connectivity index (χ3n) is 3.69. The topological polar surface area (TPSA) is 52.6 Å². The van der Waals surface area contributed by atoms with Crippen molar-refractivity contribution in [2.24, 2.45) is 0 Å². The molecule has 1 aliphatic heterocycles. The number of benzene rings is 2. The fraction of sp³-hybridized carbons (Fsp3) is 0.167. The molecule has 25 heavy (non-hydrogen) atoms. The molecule has 3 aromatic rings. The molecule has 0 unspecified atom stereocenters. The molecule has 0 aliphatic carbocycles. The minimum absolute atomic E-state index is 0. The van der Waals surface area contributed by atoms with Gasteiger partial charge in [0.25, 0.3) is 0 Å². The molecule has 0 fully saturated rings. The number of hydrogen-bond acceptors (Lipinski definition) is 6. The molecule has 0 bridgehead atoms. The van der Waals surface area contributed by atoms with Crippen molar-refractivity contribution in [3.05, 3.63) is 59.1 Å². The largest absolute Gasteiger partial charge is 0.497 e. The first-order valence-corrected chi connectivity index (χ1v) is 8.42. The second-order valence-electron chi connectivity index (χ2n) is 5.37. The van der Waals surface area contributed by atoms with Crippen molar-refractivity contribution in [2.75, 3.05) is 19.2 Å². The van der Waals surface area contributed by atoms with Gasteiger partial charge in [-0.2, -0.15) is 0 Å². The van der Waals surface area contributed by atoms with Gasteiger partial charge in [0.05, 0.1) is 12.8 Å². The maximum atomic E-state index is 5.39. The van der Waals surface area contributed by atoms with Crippen molar-refractivity contribution in [1.29, 1.82) is 0 Å². The van der Waals surface area contributed by atoms with E-state index in [2.05, 4.69) is 21.7 Å². The fourth-order valence-corrected chi connectivity index (χ4v) is 3.27. The highest BCUT2D eigenvalue weighted by Gasteiger charge is 2.13. The molecule has 0 atom stereocenters. The lowest BCUT2D eigenvalue weighted by molar-refractivity contribution is 0.174. The monoisotopic (exact) mass is 376 g/mol. The highest BCUT2D eigenvalue weighted by Crippen LogP contribution is 2.35. The zero-order valence-corrected chi connectivity index (χ0v) is 15.2. The van der Waals surface area contributed by atoms with Gasteiger partial charge in [0.1, 0.15) is 5.75 Å². The van der Waals surface area contributed by atoms with E-state index >= 15 is 0 Å². The second-order valence-corrected chi connectivity index (χ2v) is 6.22. The molecule has 1 N–H and O–H groups in total. The van der Waals surface area contributed by atoms with Crippen LogP contribution in [-0.2, 0) is 6.42 Å². The Bertz CT molecular complexity index is 869. The average molecular weight is 377 g/mol. The smallest absolute Gasteiger partial charge is 0.231 e. The van der Waals surface area contributed by atoms with Crippen LogP contribution in [-0.4, -0.2) is 18.9 Å². The SMILES string of the molecule is COc1cccc(Cc2csc(Nc3ccc4c(c3)OCO4)n2)c1.Cl. The van der Waals surface area contributed by atoms with Crippen molar-refractivity contribution in [3.8, 4) is 17.2 Å². The Balaban J connectivity index is 0.00000182. The van der Waals surface area contributed by atoms with E-state index < -0.39 is 0 Å². The highest BCUT2D eigenvalue weighted by atomic mass is 35.5. The van der Waals surface area contributed by atoms with Crippen molar-refractivity contribution in [2.45, 2.75) is 6.42 Å². The molecule has 1 aromatic heterocycles. The summed E-state index contributed by atoms with van der Waals surface area (Å²) in [6.07, 6.45) is 0.774. The third-order valence-corrected chi connectivity index (χ3v) is 4.50. The number of halogens is 1. The van der Waals surface area contributed by atoms with Gasteiger partial charge in [0, 0.05) is 23.6 Å². The number of rotatable bonds is 5. The Labute approximate surface area is 156 Å². The first kappa shape index (κ1) is 17.4. The lowest BCUT2D eigenvalue weighted by Crippen LogP contribution is -1.93. The standard InChI is InChI=1S/C18H16N2O3S.ClH/c1-21-15-4-2-3-12(8-15)7-14-10-24-18(20-14)19-13-5-6-16-17(9-13)23-11-22-16;/h2-6,8-10H,7,11H2,1H3,(H,19,20);1H. The predicted octanol–water partition coefficient (Wildman–Crippen LogP) is 4.64. The molecule has 2 heterocycles. The van der Waals surface area contributed by atoms with Crippen LogP contribution in [0.15, 0.2) is 47.8 Å². The van der Waals surface area contributed by atoms with Gasteiger partial charge in [0.15, 0.2) is 16.6 Å².